The molecule has 1 nitrogen and oxygen atoms in total. The average molecular weight is 194 g/mol. The molecular formula is C12H15FO. The van der Waals surface area contributed by atoms with Gasteiger partial charge < -0.3 is 4.74 Å². The molecule has 14 heavy (non-hydrogen) atoms. The first-order chi connectivity index (χ1) is 6.84. The number of halogens is 1. The molecule has 0 amide bonds. The Morgan fingerprint density at radius 2 is 2.07 bits per heavy atom. The molecule has 0 saturated carbocycles. The molecule has 0 fully saturated rings. The van der Waals surface area contributed by atoms with E-state index in [1.807, 2.05) is 6.07 Å². The van der Waals surface area contributed by atoms with Gasteiger partial charge in [-0.3, -0.25) is 0 Å². The van der Waals surface area contributed by atoms with Gasteiger partial charge in [0.15, 0.2) is 5.83 Å². The first-order valence-corrected chi connectivity index (χ1v) is 4.87. The summed E-state index contributed by atoms with van der Waals surface area (Å²) in [6, 6.07) is 8.89. The molecule has 2 heteroatoms. The number of hydrogen-bond donors (Lipinski definition) is 0. The van der Waals surface area contributed by atoms with Gasteiger partial charge in [-0.25, -0.2) is 4.39 Å². The smallest absolute Gasteiger partial charge is 0.164 e. The lowest BCUT2D eigenvalue weighted by Gasteiger charge is -2.00. The number of hydrogen-bond acceptors (Lipinski definition) is 1. The summed E-state index contributed by atoms with van der Waals surface area (Å²) in [7, 11) is 0. The molecule has 0 unspecified atom stereocenters. The molecule has 1 rings (SSSR count). The Balaban J connectivity index is 2.44. The van der Waals surface area contributed by atoms with Gasteiger partial charge in [0, 0.05) is 5.56 Å². The van der Waals surface area contributed by atoms with Crippen molar-refractivity contribution in [2.45, 2.75) is 19.8 Å². The van der Waals surface area contributed by atoms with Crippen LogP contribution in [0, 0.1) is 0 Å². The third kappa shape index (κ3) is 3.60. The highest BCUT2D eigenvalue weighted by molar-refractivity contribution is 5.57. The molecule has 0 aromatic heterocycles. The Hall–Kier alpha value is -1.31. The fourth-order valence-electron chi connectivity index (χ4n) is 1.03. The van der Waals surface area contributed by atoms with Crippen molar-refractivity contribution in [3.63, 3.8) is 0 Å². The lowest BCUT2D eigenvalue weighted by atomic mass is 10.2. The largest absolute Gasteiger partial charge is 0.498 e. The Kier molecular flexibility index (Phi) is 4.76. The zero-order valence-corrected chi connectivity index (χ0v) is 8.37. The monoisotopic (exact) mass is 194 g/mol. The SMILES string of the molecule is CCCCOC=C(F)c1ccccc1. The van der Waals surface area contributed by atoms with Crippen molar-refractivity contribution < 1.29 is 9.13 Å². The van der Waals surface area contributed by atoms with Crippen LogP contribution < -0.4 is 0 Å². The summed E-state index contributed by atoms with van der Waals surface area (Å²) in [5, 5.41) is 0. The fraction of sp³-hybridized carbons (Fsp3) is 0.333. The quantitative estimate of drug-likeness (QED) is 0.512. The molecular weight excluding hydrogens is 179 g/mol. The van der Waals surface area contributed by atoms with Gasteiger partial charge in [-0.15, -0.1) is 0 Å². The van der Waals surface area contributed by atoms with Crippen LogP contribution >= 0.6 is 0 Å². The van der Waals surface area contributed by atoms with Crippen LogP contribution in [0.1, 0.15) is 25.3 Å². The van der Waals surface area contributed by atoms with Crippen molar-refractivity contribution >= 4 is 5.83 Å². The highest BCUT2D eigenvalue weighted by atomic mass is 19.1. The molecule has 0 N–H and O–H groups in total. The normalized spacial score (nSPS) is 11.4. The minimum absolute atomic E-state index is 0.318. The van der Waals surface area contributed by atoms with Gasteiger partial charge in [0.2, 0.25) is 0 Å². The maximum atomic E-state index is 13.3. The topological polar surface area (TPSA) is 9.23 Å². The van der Waals surface area contributed by atoms with Crippen molar-refractivity contribution in [3.8, 4) is 0 Å². The third-order valence-electron chi connectivity index (χ3n) is 1.85. The molecule has 0 atom stereocenters. The van der Waals surface area contributed by atoms with E-state index in [0.717, 1.165) is 12.8 Å². The van der Waals surface area contributed by atoms with Gasteiger partial charge in [-0.1, -0.05) is 43.7 Å². The summed E-state index contributed by atoms with van der Waals surface area (Å²) in [5.41, 5.74) is 0.559. The number of unbranched alkanes of at least 4 members (excludes halogenated alkanes) is 1. The molecule has 0 saturated heterocycles. The molecule has 0 aliphatic carbocycles. The third-order valence-corrected chi connectivity index (χ3v) is 1.85. The molecule has 1 aromatic carbocycles. The average Bonchev–Trinajstić information content (AvgIpc) is 2.25. The van der Waals surface area contributed by atoms with Gasteiger partial charge in [-0.05, 0) is 6.42 Å². The maximum absolute atomic E-state index is 13.3. The van der Waals surface area contributed by atoms with Crippen LogP contribution in [0.3, 0.4) is 0 Å². The zero-order chi connectivity index (χ0) is 10.2. The first kappa shape index (κ1) is 10.8. The van der Waals surface area contributed by atoms with Gasteiger partial charge in [0.05, 0.1) is 6.61 Å². The summed E-state index contributed by atoms with van der Waals surface area (Å²) < 4.78 is 18.4. The van der Waals surface area contributed by atoms with Crippen LogP contribution in [0.2, 0.25) is 0 Å². The summed E-state index contributed by atoms with van der Waals surface area (Å²) in [4.78, 5) is 0. The van der Waals surface area contributed by atoms with E-state index in [1.54, 1.807) is 24.3 Å². The lowest BCUT2D eigenvalue weighted by molar-refractivity contribution is 0.242. The van der Waals surface area contributed by atoms with Crippen molar-refractivity contribution in [1.82, 2.24) is 0 Å². The van der Waals surface area contributed by atoms with E-state index in [4.69, 9.17) is 4.74 Å². The number of rotatable bonds is 5. The van der Waals surface area contributed by atoms with Gasteiger partial charge in [0.25, 0.3) is 0 Å². The van der Waals surface area contributed by atoms with Crippen LogP contribution in [0.25, 0.3) is 5.83 Å². The second-order valence-electron chi connectivity index (χ2n) is 3.06. The van der Waals surface area contributed by atoms with Gasteiger partial charge >= 0.3 is 0 Å². The first-order valence-electron chi connectivity index (χ1n) is 4.87. The molecule has 1 aromatic rings. The van der Waals surface area contributed by atoms with Crippen LogP contribution in [0.15, 0.2) is 36.6 Å². The second-order valence-corrected chi connectivity index (χ2v) is 3.06. The Morgan fingerprint density at radius 1 is 1.36 bits per heavy atom. The molecule has 0 spiro atoms. The molecule has 0 heterocycles. The van der Waals surface area contributed by atoms with Crippen LogP contribution in [-0.4, -0.2) is 6.61 Å². The van der Waals surface area contributed by atoms with Crippen molar-refractivity contribution in [2.75, 3.05) is 6.61 Å². The Labute approximate surface area is 84.2 Å². The Bertz CT molecular complexity index is 280. The maximum Gasteiger partial charge on any atom is 0.164 e. The lowest BCUT2D eigenvalue weighted by Crippen LogP contribution is -1.87. The zero-order valence-electron chi connectivity index (χ0n) is 8.37. The van der Waals surface area contributed by atoms with E-state index in [9.17, 15) is 4.39 Å². The highest BCUT2D eigenvalue weighted by Crippen LogP contribution is 2.14. The van der Waals surface area contributed by atoms with Crippen molar-refractivity contribution in [1.29, 1.82) is 0 Å². The fourth-order valence-corrected chi connectivity index (χ4v) is 1.03. The molecule has 0 aliphatic heterocycles. The van der Waals surface area contributed by atoms with Gasteiger partial charge in [-0.2, -0.15) is 0 Å². The van der Waals surface area contributed by atoms with Crippen molar-refractivity contribution in [2.24, 2.45) is 0 Å². The summed E-state index contributed by atoms with van der Waals surface area (Å²) in [6.45, 7) is 2.65. The van der Waals surface area contributed by atoms with Gasteiger partial charge in [0.1, 0.15) is 6.26 Å². The van der Waals surface area contributed by atoms with E-state index >= 15 is 0 Å². The minimum atomic E-state index is -0.318. The van der Waals surface area contributed by atoms with Crippen molar-refractivity contribution in [3.05, 3.63) is 42.2 Å². The standard InChI is InChI=1S/C12H15FO/c1-2-3-9-14-10-12(13)11-7-5-4-6-8-11/h4-8,10H,2-3,9H2,1H3. The van der Waals surface area contributed by atoms with Crippen LogP contribution in [0.4, 0.5) is 4.39 Å². The molecule has 0 aliphatic rings. The van der Waals surface area contributed by atoms with E-state index in [2.05, 4.69) is 6.92 Å². The summed E-state index contributed by atoms with van der Waals surface area (Å²) in [5.74, 6) is -0.318. The summed E-state index contributed by atoms with van der Waals surface area (Å²) >= 11 is 0. The molecule has 0 radical (unpaired) electrons. The highest BCUT2D eigenvalue weighted by Gasteiger charge is 1.97. The Morgan fingerprint density at radius 3 is 2.71 bits per heavy atom. The minimum Gasteiger partial charge on any atom is -0.498 e. The number of ether oxygens (including phenoxy) is 1. The van der Waals surface area contributed by atoms with E-state index < -0.39 is 0 Å². The van der Waals surface area contributed by atoms with Crippen LogP contribution in [-0.2, 0) is 4.74 Å². The predicted molar refractivity (Wildman–Crippen MR) is 56.4 cm³/mol. The van der Waals surface area contributed by atoms with Crippen LogP contribution in [0.5, 0.6) is 0 Å². The second kappa shape index (κ2) is 6.19. The molecule has 76 valence electrons. The molecule has 0 bridgehead atoms. The number of benzene rings is 1. The van der Waals surface area contributed by atoms with E-state index in [0.29, 0.717) is 12.2 Å². The summed E-state index contributed by atoms with van der Waals surface area (Å²) in [6.07, 6.45) is 3.20. The van der Waals surface area contributed by atoms with E-state index in [1.165, 1.54) is 6.26 Å². The van der Waals surface area contributed by atoms with E-state index in [-0.39, 0.29) is 5.83 Å². The predicted octanol–water partition coefficient (Wildman–Crippen LogP) is 3.77.